The zero-order chi connectivity index (χ0) is 17.1. The number of rotatable bonds is 3. The fourth-order valence-corrected chi connectivity index (χ4v) is 3.87. The van der Waals surface area contributed by atoms with Gasteiger partial charge < -0.3 is 10.2 Å². The topological polar surface area (TPSA) is 61.8 Å². The van der Waals surface area contributed by atoms with Crippen molar-refractivity contribution in [2.24, 2.45) is 4.99 Å². The molecule has 0 aliphatic carbocycles. The second kappa shape index (κ2) is 8.46. The van der Waals surface area contributed by atoms with Gasteiger partial charge in [0.1, 0.15) is 5.82 Å². The summed E-state index contributed by atoms with van der Waals surface area (Å²) in [6, 6.07) is 6.22. The highest BCUT2D eigenvalue weighted by Crippen LogP contribution is 2.23. The predicted octanol–water partition coefficient (Wildman–Crippen LogP) is 2.42. The van der Waals surface area contributed by atoms with Crippen LogP contribution in [-0.2, 0) is 16.4 Å². The lowest BCUT2D eigenvalue weighted by Gasteiger charge is -2.39. The Bertz CT molecular complexity index is 675. The van der Waals surface area contributed by atoms with Gasteiger partial charge in [-0.15, -0.1) is 24.0 Å². The molecule has 0 atom stereocenters. The van der Waals surface area contributed by atoms with Gasteiger partial charge >= 0.3 is 0 Å². The third-order valence-corrected chi connectivity index (χ3v) is 6.54. The quantitative estimate of drug-likeness (QED) is 0.420. The highest BCUT2D eigenvalue weighted by Gasteiger charge is 2.40. The van der Waals surface area contributed by atoms with E-state index in [1.54, 1.807) is 26.0 Å². The van der Waals surface area contributed by atoms with E-state index in [1.807, 2.05) is 11.8 Å². The molecule has 1 aliphatic heterocycles. The predicted molar refractivity (Wildman–Crippen MR) is 106 cm³/mol. The summed E-state index contributed by atoms with van der Waals surface area (Å²) < 4.78 is 36.4. The van der Waals surface area contributed by atoms with Crippen molar-refractivity contribution < 1.29 is 12.8 Å². The van der Waals surface area contributed by atoms with E-state index in [-0.39, 0.29) is 35.5 Å². The van der Waals surface area contributed by atoms with Crippen molar-refractivity contribution in [2.75, 3.05) is 25.4 Å². The maximum Gasteiger partial charge on any atom is 0.194 e. The van der Waals surface area contributed by atoms with Crippen molar-refractivity contribution in [1.29, 1.82) is 0 Å². The Hall–Kier alpha value is -0.900. The van der Waals surface area contributed by atoms with Crippen LogP contribution in [0.1, 0.15) is 26.3 Å². The molecule has 1 aromatic carbocycles. The number of hydrogen-bond acceptors (Lipinski definition) is 3. The number of aliphatic imine (C=N–C) groups is 1. The summed E-state index contributed by atoms with van der Waals surface area (Å²) in [6.45, 7) is 7.43. The molecule has 0 unspecified atom stereocenters. The van der Waals surface area contributed by atoms with Gasteiger partial charge in [0.25, 0.3) is 0 Å². The summed E-state index contributed by atoms with van der Waals surface area (Å²) in [5.41, 5.74) is 0.908. The molecule has 0 saturated carbocycles. The van der Waals surface area contributed by atoms with Crippen molar-refractivity contribution in [3.05, 3.63) is 35.6 Å². The van der Waals surface area contributed by atoms with Crippen molar-refractivity contribution in [1.82, 2.24) is 10.2 Å². The Morgan fingerprint density at radius 3 is 2.50 bits per heavy atom. The number of guanidine groups is 1. The van der Waals surface area contributed by atoms with Crippen LogP contribution in [0.4, 0.5) is 4.39 Å². The third-order valence-electron chi connectivity index (χ3n) is 4.00. The summed E-state index contributed by atoms with van der Waals surface area (Å²) in [6.07, 6.45) is 0. The third kappa shape index (κ3) is 5.05. The molecule has 0 amide bonds. The van der Waals surface area contributed by atoms with E-state index in [0.717, 1.165) is 5.56 Å². The van der Waals surface area contributed by atoms with Gasteiger partial charge in [0.15, 0.2) is 15.8 Å². The van der Waals surface area contributed by atoms with Crippen LogP contribution in [-0.4, -0.2) is 49.4 Å². The fraction of sp³-hybridized carbons (Fsp3) is 0.562. The lowest BCUT2D eigenvalue weighted by Crippen LogP contribution is -2.57. The zero-order valence-corrected chi connectivity index (χ0v) is 17.4. The molecule has 0 bridgehead atoms. The molecule has 1 aliphatic rings. The molecule has 5 nitrogen and oxygen atoms in total. The van der Waals surface area contributed by atoms with Crippen LogP contribution >= 0.6 is 24.0 Å². The number of sulfone groups is 1. The molecule has 1 saturated heterocycles. The van der Waals surface area contributed by atoms with Gasteiger partial charge in [0.2, 0.25) is 0 Å². The van der Waals surface area contributed by atoms with Crippen molar-refractivity contribution in [2.45, 2.75) is 32.1 Å². The molecule has 2 rings (SSSR count). The second-order valence-electron chi connectivity index (χ2n) is 6.30. The summed E-state index contributed by atoms with van der Waals surface area (Å²) >= 11 is 0. The monoisotopic (exact) mass is 469 g/mol. The van der Waals surface area contributed by atoms with Gasteiger partial charge in [-0.3, -0.25) is 0 Å². The lowest BCUT2D eigenvalue weighted by atomic mass is 10.2. The van der Waals surface area contributed by atoms with Gasteiger partial charge in [0, 0.05) is 19.6 Å². The summed E-state index contributed by atoms with van der Waals surface area (Å²) in [7, 11) is -3.08. The largest absolute Gasteiger partial charge is 0.357 e. The molecule has 1 aromatic rings. The first-order valence-corrected chi connectivity index (χ1v) is 9.40. The molecule has 0 radical (unpaired) electrons. The first-order chi connectivity index (χ1) is 10.7. The maximum atomic E-state index is 12.9. The van der Waals surface area contributed by atoms with Crippen molar-refractivity contribution in [3.8, 4) is 0 Å². The Kier molecular flexibility index (Phi) is 7.45. The van der Waals surface area contributed by atoms with Crippen LogP contribution in [0.5, 0.6) is 0 Å². The summed E-state index contributed by atoms with van der Waals surface area (Å²) in [4.78, 5) is 6.54. The van der Waals surface area contributed by atoms with Crippen LogP contribution in [0.3, 0.4) is 0 Å². The molecule has 0 spiro atoms. The molecule has 1 fully saturated rings. The number of nitrogens with zero attached hydrogens (tertiary/aromatic N) is 2. The fourth-order valence-electron chi connectivity index (χ4n) is 2.51. The zero-order valence-electron chi connectivity index (χ0n) is 14.3. The standard InChI is InChI=1S/C16H24FN3O2S.HI/c1-4-18-15(19-11-13-5-7-14(17)8-6-13)20-9-10-23(21,22)16(2,3)12-20;/h5-8H,4,9-12H2,1-3H3,(H,18,19);1H. The SMILES string of the molecule is CCNC(=NCc1ccc(F)cc1)N1CCS(=O)(=O)C(C)(C)C1.I. The molecule has 136 valence electrons. The van der Waals surface area contributed by atoms with Gasteiger partial charge in [0.05, 0.1) is 17.0 Å². The van der Waals surface area contributed by atoms with E-state index in [9.17, 15) is 12.8 Å². The molecule has 24 heavy (non-hydrogen) atoms. The van der Waals surface area contributed by atoms with Crippen LogP contribution in [0, 0.1) is 5.82 Å². The molecular formula is C16H25FIN3O2S. The molecule has 8 heteroatoms. The van der Waals surface area contributed by atoms with Crippen LogP contribution in [0.2, 0.25) is 0 Å². The van der Waals surface area contributed by atoms with Gasteiger partial charge in [-0.2, -0.15) is 0 Å². The highest BCUT2D eigenvalue weighted by atomic mass is 127. The summed E-state index contributed by atoms with van der Waals surface area (Å²) in [5, 5.41) is 3.21. The lowest BCUT2D eigenvalue weighted by molar-refractivity contribution is 0.353. The second-order valence-corrected chi connectivity index (χ2v) is 9.04. The highest BCUT2D eigenvalue weighted by molar-refractivity contribution is 14.0. The minimum absolute atomic E-state index is 0. The van der Waals surface area contributed by atoms with Crippen LogP contribution < -0.4 is 5.32 Å². The average Bonchev–Trinajstić information content (AvgIpc) is 2.48. The van der Waals surface area contributed by atoms with Crippen molar-refractivity contribution in [3.63, 3.8) is 0 Å². The van der Waals surface area contributed by atoms with E-state index in [1.165, 1.54) is 12.1 Å². The number of hydrogen-bond donors (Lipinski definition) is 1. The normalized spacial score (nSPS) is 19.5. The number of halogens is 2. The Balaban J connectivity index is 0.00000288. The molecule has 1 heterocycles. The van der Waals surface area contributed by atoms with Crippen LogP contribution in [0.25, 0.3) is 0 Å². The van der Waals surface area contributed by atoms with E-state index in [0.29, 0.717) is 32.1 Å². The minimum Gasteiger partial charge on any atom is -0.357 e. The Labute approximate surface area is 160 Å². The van der Waals surface area contributed by atoms with Crippen molar-refractivity contribution >= 4 is 39.8 Å². The van der Waals surface area contributed by atoms with E-state index in [2.05, 4.69) is 10.3 Å². The Morgan fingerprint density at radius 1 is 1.33 bits per heavy atom. The maximum absolute atomic E-state index is 12.9. The van der Waals surface area contributed by atoms with E-state index in [4.69, 9.17) is 0 Å². The summed E-state index contributed by atoms with van der Waals surface area (Å²) in [5.74, 6) is 0.549. The number of benzene rings is 1. The van der Waals surface area contributed by atoms with E-state index >= 15 is 0 Å². The van der Waals surface area contributed by atoms with Gasteiger partial charge in [-0.05, 0) is 38.5 Å². The van der Waals surface area contributed by atoms with E-state index < -0.39 is 14.6 Å². The Morgan fingerprint density at radius 2 is 1.96 bits per heavy atom. The molecule has 0 aromatic heterocycles. The van der Waals surface area contributed by atoms with Gasteiger partial charge in [-0.1, -0.05) is 12.1 Å². The minimum atomic E-state index is -3.08. The molecule has 1 N–H and O–H groups in total. The average molecular weight is 469 g/mol. The number of nitrogens with one attached hydrogen (secondary N) is 1. The van der Waals surface area contributed by atoms with Gasteiger partial charge in [-0.25, -0.2) is 17.8 Å². The first-order valence-electron chi connectivity index (χ1n) is 7.75. The molecular weight excluding hydrogens is 444 g/mol. The first kappa shape index (κ1) is 21.1. The smallest absolute Gasteiger partial charge is 0.194 e. The van der Waals surface area contributed by atoms with Crippen LogP contribution in [0.15, 0.2) is 29.3 Å².